The number of carbonyl (C=O) groups is 1. The average Bonchev–Trinajstić information content (AvgIpc) is 2.29. The Hall–Kier alpha value is -1.55. The third-order valence-electron chi connectivity index (χ3n) is 2.77. The van der Waals surface area contributed by atoms with Crippen LogP contribution in [0.2, 0.25) is 0 Å². The van der Waals surface area contributed by atoms with Crippen LogP contribution in [-0.4, -0.2) is 25.2 Å². The first-order chi connectivity index (χ1) is 7.34. The number of morpholine rings is 1. The summed E-state index contributed by atoms with van der Waals surface area (Å²) in [6, 6.07) is 7.67. The summed E-state index contributed by atoms with van der Waals surface area (Å²) in [5, 5.41) is 2.93. The van der Waals surface area contributed by atoms with E-state index in [1.807, 2.05) is 24.3 Å². The Kier molecular flexibility index (Phi) is 1.89. The molecule has 1 saturated heterocycles. The van der Waals surface area contributed by atoms with E-state index in [1.54, 1.807) is 0 Å². The number of carbonyl (C=O) groups excluding carboxylic acids is 1. The van der Waals surface area contributed by atoms with Crippen LogP contribution in [0.15, 0.2) is 24.3 Å². The Labute approximate surface area is 87.2 Å². The van der Waals surface area contributed by atoms with E-state index in [1.165, 1.54) is 0 Å². The summed E-state index contributed by atoms with van der Waals surface area (Å²) in [5.41, 5.74) is 1.00. The number of amides is 1. The third-order valence-corrected chi connectivity index (χ3v) is 2.77. The van der Waals surface area contributed by atoms with E-state index in [-0.39, 0.29) is 24.7 Å². The number of benzene rings is 1. The van der Waals surface area contributed by atoms with Crippen molar-refractivity contribution in [3.8, 4) is 5.75 Å². The van der Waals surface area contributed by atoms with Crippen molar-refractivity contribution in [3.63, 3.8) is 0 Å². The van der Waals surface area contributed by atoms with Crippen molar-refractivity contribution < 1.29 is 14.3 Å². The lowest BCUT2D eigenvalue weighted by molar-refractivity contribution is -0.140. The van der Waals surface area contributed by atoms with E-state index in [0.29, 0.717) is 6.61 Å². The molecule has 0 aromatic heterocycles. The molecule has 2 heterocycles. The quantitative estimate of drug-likeness (QED) is 0.676. The number of ether oxygens (including phenoxy) is 2. The minimum Gasteiger partial charge on any atom is -0.490 e. The van der Waals surface area contributed by atoms with Crippen molar-refractivity contribution in [2.24, 2.45) is 0 Å². The predicted octanol–water partition coefficient (Wildman–Crippen LogP) is 0.635. The zero-order valence-corrected chi connectivity index (χ0v) is 8.10. The number of nitrogens with one attached hydrogen (secondary N) is 1. The fraction of sp³-hybridized carbons (Fsp3) is 0.364. The highest BCUT2D eigenvalue weighted by atomic mass is 16.5. The smallest absolute Gasteiger partial charge is 0.246 e. The van der Waals surface area contributed by atoms with Crippen LogP contribution >= 0.6 is 0 Å². The summed E-state index contributed by atoms with van der Waals surface area (Å²) in [4.78, 5) is 11.3. The Bertz CT molecular complexity index is 405. The molecule has 2 atom stereocenters. The van der Waals surface area contributed by atoms with Crippen molar-refractivity contribution in [2.45, 2.75) is 12.1 Å². The lowest BCUT2D eigenvalue weighted by Gasteiger charge is -2.36. The van der Waals surface area contributed by atoms with Crippen LogP contribution in [0.5, 0.6) is 5.75 Å². The lowest BCUT2D eigenvalue weighted by atomic mass is 9.97. The van der Waals surface area contributed by atoms with E-state index in [4.69, 9.17) is 9.47 Å². The van der Waals surface area contributed by atoms with Crippen molar-refractivity contribution in [1.82, 2.24) is 5.32 Å². The van der Waals surface area contributed by atoms with Crippen molar-refractivity contribution >= 4 is 5.91 Å². The van der Waals surface area contributed by atoms with Gasteiger partial charge in [0.2, 0.25) is 5.91 Å². The Morgan fingerprint density at radius 2 is 2.20 bits per heavy atom. The number of para-hydroxylation sites is 1. The van der Waals surface area contributed by atoms with Crippen LogP contribution in [0, 0.1) is 0 Å². The molecule has 0 radical (unpaired) electrons. The molecule has 1 aromatic rings. The molecule has 1 fully saturated rings. The maximum Gasteiger partial charge on any atom is 0.246 e. The summed E-state index contributed by atoms with van der Waals surface area (Å²) < 4.78 is 11.0. The first-order valence-electron chi connectivity index (χ1n) is 4.97. The van der Waals surface area contributed by atoms with E-state index in [2.05, 4.69) is 5.32 Å². The Balaban J connectivity index is 2.00. The summed E-state index contributed by atoms with van der Waals surface area (Å²) in [5.74, 6) is 0.775. The molecule has 0 aliphatic carbocycles. The van der Waals surface area contributed by atoms with Crippen molar-refractivity contribution in [1.29, 1.82) is 0 Å². The van der Waals surface area contributed by atoms with Crippen LogP contribution in [0.1, 0.15) is 11.6 Å². The van der Waals surface area contributed by atoms with Crippen molar-refractivity contribution in [2.75, 3.05) is 13.2 Å². The number of hydrogen-bond acceptors (Lipinski definition) is 3. The topological polar surface area (TPSA) is 47.6 Å². The monoisotopic (exact) mass is 205 g/mol. The average molecular weight is 205 g/mol. The third kappa shape index (κ3) is 1.37. The van der Waals surface area contributed by atoms with Crippen LogP contribution in [0.25, 0.3) is 0 Å². The van der Waals surface area contributed by atoms with Gasteiger partial charge in [-0.25, -0.2) is 0 Å². The van der Waals surface area contributed by atoms with Gasteiger partial charge in [0.1, 0.15) is 25.1 Å². The molecule has 2 aliphatic rings. The zero-order valence-electron chi connectivity index (χ0n) is 8.10. The van der Waals surface area contributed by atoms with Gasteiger partial charge >= 0.3 is 0 Å². The van der Waals surface area contributed by atoms with Gasteiger partial charge in [-0.15, -0.1) is 0 Å². The molecule has 4 heteroatoms. The van der Waals surface area contributed by atoms with Crippen LogP contribution in [-0.2, 0) is 9.53 Å². The fourth-order valence-electron chi connectivity index (χ4n) is 2.05. The molecular formula is C11H11NO3. The molecule has 0 unspecified atom stereocenters. The summed E-state index contributed by atoms with van der Waals surface area (Å²) in [6.45, 7) is 0.634. The van der Waals surface area contributed by atoms with Gasteiger partial charge in [-0.3, -0.25) is 4.79 Å². The summed E-state index contributed by atoms with van der Waals surface area (Å²) >= 11 is 0. The predicted molar refractivity (Wildman–Crippen MR) is 52.6 cm³/mol. The maximum atomic E-state index is 11.3. The molecule has 0 bridgehead atoms. The first kappa shape index (κ1) is 8.73. The van der Waals surface area contributed by atoms with E-state index in [0.717, 1.165) is 11.3 Å². The fourth-order valence-corrected chi connectivity index (χ4v) is 2.05. The van der Waals surface area contributed by atoms with Crippen LogP contribution < -0.4 is 10.1 Å². The van der Waals surface area contributed by atoms with Gasteiger partial charge in [0.15, 0.2) is 0 Å². The maximum absolute atomic E-state index is 11.3. The van der Waals surface area contributed by atoms with Gasteiger partial charge in [0, 0.05) is 5.56 Å². The molecule has 4 nitrogen and oxygen atoms in total. The molecule has 1 N–H and O–H groups in total. The highest BCUT2D eigenvalue weighted by molar-refractivity contribution is 5.78. The van der Waals surface area contributed by atoms with Gasteiger partial charge in [-0.05, 0) is 6.07 Å². The van der Waals surface area contributed by atoms with Crippen molar-refractivity contribution in [3.05, 3.63) is 29.8 Å². The largest absolute Gasteiger partial charge is 0.490 e. The SMILES string of the molecule is O=C1CO[C@@H]2COc3ccccc3[C@H]2N1. The van der Waals surface area contributed by atoms with Gasteiger partial charge in [-0.2, -0.15) is 0 Å². The molecular weight excluding hydrogens is 194 g/mol. The van der Waals surface area contributed by atoms with Gasteiger partial charge in [0.25, 0.3) is 0 Å². The van der Waals surface area contributed by atoms with Gasteiger partial charge in [0.05, 0.1) is 6.04 Å². The summed E-state index contributed by atoms with van der Waals surface area (Å²) in [6.07, 6.45) is -0.0578. The molecule has 0 spiro atoms. The molecule has 78 valence electrons. The Morgan fingerprint density at radius 3 is 3.13 bits per heavy atom. The summed E-state index contributed by atoms with van der Waals surface area (Å²) in [7, 11) is 0. The Morgan fingerprint density at radius 1 is 1.33 bits per heavy atom. The van der Waals surface area contributed by atoms with E-state index >= 15 is 0 Å². The second-order valence-corrected chi connectivity index (χ2v) is 3.74. The molecule has 3 rings (SSSR count). The standard InChI is InChI=1S/C11H11NO3/c13-10-6-15-9-5-14-8-4-2-1-3-7(8)11(9)12-10/h1-4,9,11H,5-6H2,(H,12,13)/t9-,11-/m1/s1. The van der Waals surface area contributed by atoms with Gasteiger partial charge < -0.3 is 14.8 Å². The minimum atomic E-state index is -0.0621. The second-order valence-electron chi connectivity index (χ2n) is 3.74. The van der Waals surface area contributed by atoms with Gasteiger partial charge in [-0.1, -0.05) is 18.2 Å². The second kappa shape index (κ2) is 3.24. The lowest BCUT2D eigenvalue weighted by Crippen LogP contribution is -2.50. The molecule has 15 heavy (non-hydrogen) atoms. The van der Waals surface area contributed by atoms with Crippen LogP contribution in [0.3, 0.4) is 0 Å². The highest BCUT2D eigenvalue weighted by Gasteiger charge is 2.36. The number of fused-ring (bicyclic) bond motifs is 3. The van der Waals surface area contributed by atoms with E-state index < -0.39 is 0 Å². The number of rotatable bonds is 0. The van der Waals surface area contributed by atoms with E-state index in [9.17, 15) is 4.79 Å². The molecule has 0 saturated carbocycles. The molecule has 1 amide bonds. The van der Waals surface area contributed by atoms with Crippen LogP contribution in [0.4, 0.5) is 0 Å². The normalized spacial score (nSPS) is 28.4. The molecule has 2 aliphatic heterocycles. The first-order valence-corrected chi connectivity index (χ1v) is 4.97. The highest BCUT2D eigenvalue weighted by Crippen LogP contribution is 2.34. The zero-order chi connectivity index (χ0) is 10.3. The molecule has 1 aromatic carbocycles. The minimum absolute atomic E-state index is 0.0578. The number of hydrogen-bond donors (Lipinski definition) is 1.